The Bertz CT molecular complexity index is 1830. The van der Waals surface area contributed by atoms with Gasteiger partial charge in [0.2, 0.25) is 0 Å². The molecule has 0 fully saturated rings. The highest BCUT2D eigenvalue weighted by Crippen LogP contribution is 2.42. The van der Waals surface area contributed by atoms with E-state index in [4.69, 9.17) is 9.97 Å². The quantitative estimate of drug-likeness (QED) is 0.0375. The fourth-order valence-corrected chi connectivity index (χ4v) is 11.6. The van der Waals surface area contributed by atoms with E-state index in [0.717, 1.165) is 50.4 Å². The molecule has 0 atom stereocenters. The Morgan fingerprint density at radius 3 is 0.970 bits per heavy atom. The van der Waals surface area contributed by atoms with Gasteiger partial charge < -0.3 is 9.80 Å². The molecule has 0 unspecified atom stereocenters. The fraction of sp³-hybridized carbons (Fsp3) is 0.600. The average Bonchev–Trinajstić information content (AvgIpc) is 3.99. The largest absolute Gasteiger partial charge is 0.372 e. The van der Waals surface area contributed by atoms with Crippen molar-refractivity contribution in [3.63, 3.8) is 0 Å². The second kappa shape index (κ2) is 31.5. The van der Waals surface area contributed by atoms with Gasteiger partial charge in [-0.05, 0) is 110 Å². The summed E-state index contributed by atoms with van der Waals surface area (Å²) in [4.78, 5) is 20.8. The van der Waals surface area contributed by atoms with Crippen LogP contribution in [-0.2, 0) is 12.8 Å². The molecular weight excluding hydrogens is 841 g/mol. The lowest BCUT2D eigenvalue weighted by molar-refractivity contribution is 0.576. The first-order valence-electron chi connectivity index (χ1n) is 27.3. The van der Waals surface area contributed by atoms with Crippen LogP contribution < -0.4 is 9.80 Å². The molecular formula is C60H90N4S2. The average molecular weight is 932 g/mol. The third kappa shape index (κ3) is 17.6. The van der Waals surface area contributed by atoms with Gasteiger partial charge in [0, 0.05) is 47.3 Å². The Morgan fingerprint density at radius 1 is 0.364 bits per heavy atom. The van der Waals surface area contributed by atoms with Gasteiger partial charge in [0.15, 0.2) is 0 Å². The summed E-state index contributed by atoms with van der Waals surface area (Å²) in [5.74, 6) is 0. The molecule has 362 valence electrons. The van der Waals surface area contributed by atoms with Gasteiger partial charge in [-0.15, -0.1) is 22.7 Å². The highest BCUT2D eigenvalue weighted by molar-refractivity contribution is 7.19. The molecule has 66 heavy (non-hydrogen) atoms. The first-order valence-corrected chi connectivity index (χ1v) is 28.9. The summed E-state index contributed by atoms with van der Waals surface area (Å²) in [6, 6.07) is 23.9. The van der Waals surface area contributed by atoms with Crippen molar-refractivity contribution in [2.45, 2.75) is 208 Å². The molecule has 3 aromatic heterocycles. The van der Waals surface area contributed by atoms with E-state index in [1.54, 1.807) is 0 Å². The predicted octanol–water partition coefficient (Wildman–Crippen LogP) is 19.4. The number of thiophene rings is 2. The van der Waals surface area contributed by atoms with Crippen molar-refractivity contribution in [3.05, 3.63) is 84.2 Å². The van der Waals surface area contributed by atoms with Crippen molar-refractivity contribution in [3.8, 4) is 42.0 Å². The smallest absolute Gasteiger partial charge is 0.0985 e. The molecule has 0 aliphatic heterocycles. The number of hydrogen-bond donors (Lipinski definition) is 0. The second-order valence-electron chi connectivity index (χ2n) is 19.1. The molecule has 0 saturated heterocycles. The van der Waals surface area contributed by atoms with E-state index < -0.39 is 0 Å². The number of unbranched alkanes of at least 4 members (excludes halogenated alkanes) is 18. The Balaban J connectivity index is 1.38. The molecule has 5 aromatic rings. The zero-order valence-corrected chi connectivity index (χ0v) is 44.4. The van der Waals surface area contributed by atoms with Gasteiger partial charge in [-0.1, -0.05) is 181 Å². The Kier molecular flexibility index (Phi) is 25.6. The monoisotopic (exact) mass is 931 g/mol. The SMILES string of the molecule is CCCCCCCCCCc1cc(-c2cnc(-c3cc(CCCCCCCCCC)c(-c4ccc(N(CCCC)CCCC)cc4)s3)cn2)sc1-c1ccc(N(CCCC)CCCC)cc1. The van der Waals surface area contributed by atoms with Crippen LogP contribution in [0.4, 0.5) is 11.4 Å². The summed E-state index contributed by atoms with van der Waals surface area (Å²) < 4.78 is 0. The summed E-state index contributed by atoms with van der Waals surface area (Å²) in [5, 5.41) is 0. The van der Waals surface area contributed by atoms with E-state index in [-0.39, 0.29) is 0 Å². The molecule has 2 aromatic carbocycles. The molecule has 0 bridgehead atoms. The first kappa shape index (κ1) is 53.5. The van der Waals surface area contributed by atoms with Crippen LogP contribution in [0.2, 0.25) is 0 Å². The molecule has 3 heterocycles. The van der Waals surface area contributed by atoms with E-state index in [9.17, 15) is 0 Å². The zero-order valence-electron chi connectivity index (χ0n) is 42.7. The Morgan fingerprint density at radius 2 is 0.667 bits per heavy atom. The summed E-state index contributed by atoms with van der Waals surface area (Å²) in [5.41, 5.74) is 10.3. The first-order chi connectivity index (χ1) is 32.5. The van der Waals surface area contributed by atoms with Gasteiger partial charge in [0.25, 0.3) is 0 Å². The van der Waals surface area contributed by atoms with Crippen LogP contribution in [0.15, 0.2) is 73.1 Å². The van der Waals surface area contributed by atoms with Crippen LogP contribution in [0.25, 0.3) is 42.0 Å². The van der Waals surface area contributed by atoms with E-state index in [2.05, 4.69) is 112 Å². The van der Waals surface area contributed by atoms with Crippen LogP contribution in [0.5, 0.6) is 0 Å². The van der Waals surface area contributed by atoms with E-state index in [1.807, 2.05) is 35.1 Å². The van der Waals surface area contributed by atoms with Gasteiger partial charge in [-0.25, -0.2) is 0 Å². The van der Waals surface area contributed by atoms with Crippen LogP contribution in [0.3, 0.4) is 0 Å². The Labute approximate surface area is 412 Å². The number of nitrogens with zero attached hydrogens (tertiary/aromatic N) is 4. The third-order valence-corrected chi connectivity index (χ3v) is 16.0. The number of rotatable bonds is 36. The molecule has 6 heteroatoms. The van der Waals surface area contributed by atoms with Crippen molar-refractivity contribution in [2.24, 2.45) is 0 Å². The van der Waals surface area contributed by atoms with Crippen LogP contribution in [0, 0.1) is 0 Å². The topological polar surface area (TPSA) is 32.3 Å². The lowest BCUT2D eigenvalue weighted by Crippen LogP contribution is -2.25. The Hall–Kier alpha value is -3.48. The lowest BCUT2D eigenvalue weighted by Gasteiger charge is -2.25. The van der Waals surface area contributed by atoms with Crippen molar-refractivity contribution >= 4 is 34.0 Å². The van der Waals surface area contributed by atoms with Gasteiger partial charge in [-0.2, -0.15) is 0 Å². The van der Waals surface area contributed by atoms with Crippen molar-refractivity contribution in [2.75, 3.05) is 36.0 Å². The fourth-order valence-electron chi connectivity index (χ4n) is 9.23. The number of anilines is 2. The summed E-state index contributed by atoms with van der Waals surface area (Å²) >= 11 is 3.81. The van der Waals surface area contributed by atoms with Crippen LogP contribution in [0.1, 0.15) is 207 Å². The van der Waals surface area contributed by atoms with E-state index >= 15 is 0 Å². The van der Waals surface area contributed by atoms with Crippen LogP contribution in [-0.4, -0.2) is 36.1 Å². The van der Waals surface area contributed by atoms with Gasteiger partial charge in [-0.3, -0.25) is 9.97 Å². The normalized spacial score (nSPS) is 11.5. The molecule has 4 nitrogen and oxygen atoms in total. The maximum absolute atomic E-state index is 5.16. The molecule has 0 aliphatic carbocycles. The molecule has 0 spiro atoms. The predicted molar refractivity (Wildman–Crippen MR) is 296 cm³/mol. The number of hydrogen-bond acceptors (Lipinski definition) is 6. The number of aryl methyl sites for hydroxylation is 2. The molecule has 0 N–H and O–H groups in total. The highest BCUT2D eigenvalue weighted by atomic mass is 32.1. The molecule has 0 aliphatic rings. The lowest BCUT2D eigenvalue weighted by atomic mass is 10.0. The van der Waals surface area contributed by atoms with Gasteiger partial charge in [0.05, 0.1) is 33.5 Å². The molecule has 0 amide bonds. The number of benzene rings is 2. The minimum atomic E-state index is 0.983. The van der Waals surface area contributed by atoms with E-state index in [0.29, 0.717) is 0 Å². The third-order valence-electron chi connectivity index (χ3n) is 13.5. The minimum absolute atomic E-state index is 0.983. The summed E-state index contributed by atoms with van der Waals surface area (Å²) in [6.07, 6.45) is 37.6. The molecule has 5 rings (SSSR count). The maximum atomic E-state index is 5.16. The second-order valence-corrected chi connectivity index (χ2v) is 21.3. The van der Waals surface area contributed by atoms with Crippen molar-refractivity contribution in [1.29, 1.82) is 0 Å². The van der Waals surface area contributed by atoms with Crippen LogP contribution >= 0.6 is 22.7 Å². The van der Waals surface area contributed by atoms with Gasteiger partial charge >= 0.3 is 0 Å². The van der Waals surface area contributed by atoms with Gasteiger partial charge in [0.1, 0.15) is 0 Å². The molecule has 0 saturated carbocycles. The molecule has 0 radical (unpaired) electrons. The zero-order chi connectivity index (χ0) is 46.6. The minimum Gasteiger partial charge on any atom is -0.372 e. The standard InChI is InChI=1S/C60H90N4S2/c1-7-13-19-21-23-25-27-29-31-51-45-57(65-59(51)49-33-37-53(38-34-49)63(41-15-9-3)42-16-10-4)55-47-62-56(48-61-55)58-46-52(32-30-28-26-24-22-20-14-8-2)60(66-58)50-35-39-54(40-36-50)64(43-17-11-5)44-18-12-6/h33-40,45-48H,7-32,41-44H2,1-6H3. The number of aromatic nitrogens is 2. The van der Waals surface area contributed by atoms with Crippen molar-refractivity contribution < 1.29 is 0 Å². The summed E-state index contributed by atoms with van der Waals surface area (Å²) in [7, 11) is 0. The van der Waals surface area contributed by atoms with Crippen molar-refractivity contribution in [1.82, 2.24) is 9.97 Å². The maximum Gasteiger partial charge on any atom is 0.0985 e. The highest BCUT2D eigenvalue weighted by Gasteiger charge is 2.18. The summed E-state index contributed by atoms with van der Waals surface area (Å²) in [6.45, 7) is 18.3. The van der Waals surface area contributed by atoms with E-state index in [1.165, 1.54) is 207 Å².